The van der Waals surface area contributed by atoms with E-state index in [4.69, 9.17) is 25.0 Å². The molecule has 2 N–H and O–H groups in total. The molecule has 0 rings (SSSR count). The highest BCUT2D eigenvalue weighted by atomic mass is 31.0. The zero-order valence-corrected chi connectivity index (χ0v) is 7.66. The Labute approximate surface area is 67.4 Å². The average molecular weight is 179 g/mol. The van der Waals surface area contributed by atoms with Crippen LogP contribution in [0.4, 0.5) is 0 Å². The summed E-state index contributed by atoms with van der Waals surface area (Å²) in [5.74, 6) is 0. The molecule has 0 aromatic heterocycles. The first-order chi connectivity index (χ1) is 5.24. The molecular formula is C5H12N2O3P+. The highest BCUT2D eigenvalue weighted by molar-refractivity contribution is 7.00. The number of carbonyl (C=O) groups excluding carboxylic acids is 2. The molecule has 0 spiro atoms. The summed E-state index contributed by atoms with van der Waals surface area (Å²) in [6.07, 6.45) is 2.75. The summed E-state index contributed by atoms with van der Waals surface area (Å²) in [5, 5.41) is 10.8. The molecule has 0 aliphatic rings. The summed E-state index contributed by atoms with van der Waals surface area (Å²) in [7, 11) is 1.17. The number of hydrogen-bond donors (Lipinski definition) is 2. The van der Waals surface area contributed by atoms with E-state index in [9.17, 15) is 0 Å². The third-order valence-corrected chi connectivity index (χ3v) is 0. The summed E-state index contributed by atoms with van der Waals surface area (Å²) in [6.45, 7) is 4.25. The van der Waals surface area contributed by atoms with Crippen LogP contribution >= 0.6 is 9.12 Å². The maximum atomic E-state index is 8.35. The quantitative estimate of drug-likeness (QED) is 0.334. The van der Waals surface area contributed by atoms with Crippen molar-refractivity contribution in [2.45, 2.75) is 20.3 Å². The minimum atomic E-state index is 0.750. The van der Waals surface area contributed by atoms with Crippen LogP contribution in [0.5, 0.6) is 0 Å². The molecule has 0 amide bonds. The second-order valence-electron chi connectivity index (χ2n) is 0.911. The number of nitrogens with one attached hydrogen (secondary N) is 2. The molecule has 0 aromatic carbocycles. The lowest BCUT2D eigenvalue weighted by atomic mass is 10.6. The van der Waals surface area contributed by atoms with Gasteiger partial charge < -0.3 is 0 Å². The normalized spacial score (nSPS) is 3.45. The summed E-state index contributed by atoms with van der Waals surface area (Å²) >= 11 is 0. The van der Waals surface area contributed by atoms with Gasteiger partial charge in [-0.25, -0.2) is 20.4 Å². The molecule has 11 heavy (non-hydrogen) atoms. The monoisotopic (exact) mass is 179 g/mol. The Morgan fingerprint density at radius 1 is 1.09 bits per heavy atom. The Kier molecular flexibility index (Phi) is 324. The Morgan fingerprint density at radius 3 is 1.09 bits per heavy atom. The zero-order valence-electron chi connectivity index (χ0n) is 6.51. The lowest BCUT2D eigenvalue weighted by Gasteiger charge is -1.48. The number of rotatable bonds is 0. The second kappa shape index (κ2) is 158. The fourth-order valence-corrected chi connectivity index (χ4v) is 0. The van der Waals surface area contributed by atoms with Crippen LogP contribution in [-0.4, -0.2) is 12.2 Å². The highest BCUT2D eigenvalue weighted by Gasteiger charge is 1.35. The Balaban J connectivity index is -0.0000000301. The minimum Gasteiger partial charge on any atom is -0.222 e. The lowest BCUT2D eigenvalue weighted by Crippen LogP contribution is -1.27. The summed E-state index contributed by atoms with van der Waals surface area (Å²) in [4.78, 5) is 16.7. The van der Waals surface area contributed by atoms with Crippen LogP contribution < -0.4 is 0 Å². The van der Waals surface area contributed by atoms with Crippen LogP contribution in [0.3, 0.4) is 0 Å². The van der Waals surface area contributed by atoms with Crippen LogP contribution in [0.2, 0.25) is 0 Å². The van der Waals surface area contributed by atoms with Crippen molar-refractivity contribution in [3.8, 4) is 0 Å². The van der Waals surface area contributed by atoms with Gasteiger partial charge in [0.2, 0.25) is 12.2 Å². The number of hydrogen-bond acceptors (Lipinski definition) is 5. The lowest BCUT2D eigenvalue weighted by molar-refractivity contribution is 0.562. The fraction of sp³-hybridized carbons (Fsp3) is 0.600. The molecule has 5 nitrogen and oxygen atoms in total. The van der Waals surface area contributed by atoms with E-state index < -0.39 is 0 Å². The molecule has 0 heterocycles. The van der Waals surface area contributed by atoms with Crippen LogP contribution in [0, 0.1) is 10.8 Å². The van der Waals surface area contributed by atoms with Crippen molar-refractivity contribution in [1.82, 2.24) is 0 Å². The summed E-state index contributed by atoms with van der Waals surface area (Å²) in [6, 6.07) is 0. The maximum absolute atomic E-state index is 8.35. The van der Waals surface area contributed by atoms with E-state index in [0.29, 0.717) is 0 Å². The molecule has 0 aliphatic heterocycles. The molecule has 0 bridgehead atoms. The first-order valence-electron chi connectivity index (χ1n) is 2.56. The van der Waals surface area contributed by atoms with Crippen molar-refractivity contribution in [2.24, 2.45) is 0 Å². The van der Waals surface area contributed by atoms with Gasteiger partial charge in [-0.1, -0.05) is 24.8 Å². The van der Waals surface area contributed by atoms with Gasteiger partial charge in [-0.3, -0.25) is 0 Å². The van der Waals surface area contributed by atoms with Crippen molar-refractivity contribution < 1.29 is 14.2 Å². The summed E-state index contributed by atoms with van der Waals surface area (Å²) in [5.41, 5.74) is 0. The SMILES string of the molecule is CCC.N=C=O.N=C=O.O=[PH2+]. The fourth-order valence-electron chi connectivity index (χ4n) is 0. The first kappa shape index (κ1) is 22.5. The van der Waals surface area contributed by atoms with Crippen molar-refractivity contribution in [3.63, 3.8) is 0 Å². The van der Waals surface area contributed by atoms with Crippen LogP contribution in [-0.2, 0) is 14.2 Å². The van der Waals surface area contributed by atoms with Crippen LogP contribution in [0.1, 0.15) is 20.3 Å². The predicted molar refractivity (Wildman–Crippen MR) is 43.2 cm³/mol. The predicted octanol–water partition coefficient (Wildman–Crippen LogP) is 1.43. The molecule has 64 valence electrons. The van der Waals surface area contributed by atoms with Gasteiger partial charge >= 0.3 is 9.12 Å². The zero-order chi connectivity index (χ0) is 10.1. The van der Waals surface area contributed by atoms with Crippen LogP contribution in [0.25, 0.3) is 0 Å². The van der Waals surface area contributed by atoms with Crippen LogP contribution in [0.15, 0.2) is 0 Å². The smallest absolute Gasteiger partial charge is 0.222 e. The third kappa shape index (κ3) is 321. The Bertz CT molecular complexity index is 94.3. The van der Waals surface area contributed by atoms with E-state index in [2.05, 4.69) is 13.8 Å². The van der Waals surface area contributed by atoms with E-state index in [1.165, 1.54) is 15.5 Å². The van der Waals surface area contributed by atoms with E-state index >= 15 is 0 Å². The van der Waals surface area contributed by atoms with E-state index in [1.54, 1.807) is 0 Å². The maximum Gasteiger partial charge on any atom is 0.310 e. The highest BCUT2D eigenvalue weighted by Crippen LogP contribution is 1.56. The second-order valence-corrected chi connectivity index (χ2v) is 0.911. The van der Waals surface area contributed by atoms with Gasteiger partial charge in [0.05, 0.1) is 0 Å². The molecular weight excluding hydrogens is 167 g/mol. The molecule has 0 saturated heterocycles. The average Bonchev–Trinajstić information content (AvgIpc) is 1.96. The largest absolute Gasteiger partial charge is 0.310 e. The molecule has 0 aliphatic carbocycles. The van der Waals surface area contributed by atoms with Gasteiger partial charge in [-0.05, 0) is 0 Å². The van der Waals surface area contributed by atoms with E-state index in [1.807, 2.05) is 0 Å². The topological polar surface area (TPSA) is 98.9 Å². The third-order valence-electron chi connectivity index (χ3n) is 0. The Hall–Kier alpha value is -1.14. The van der Waals surface area contributed by atoms with Crippen molar-refractivity contribution in [1.29, 1.82) is 10.8 Å². The Morgan fingerprint density at radius 2 is 1.09 bits per heavy atom. The van der Waals surface area contributed by atoms with Crippen molar-refractivity contribution >= 4 is 21.3 Å². The molecule has 0 radical (unpaired) electrons. The molecule has 0 aromatic rings. The van der Waals surface area contributed by atoms with Gasteiger partial charge in [0.1, 0.15) is 0 Å². The molecule has 0 saturated carbocycles. The van der Waals surface area contributed by atoms with Crippen molar-refractivity contribution in [3.05, 3.63) is 0 Å². The molecule has 1 unspecified atom stereocenters. The first-order valence-corrected chi connectivity index (χ1v) is 3.03. The van der Waals surface area contributed by atoms with Gasteiger partial charge in [0, 0.05) is 0 Å². The molecule has 0 fully saturated rings. The van der Waals surface area contributed by atoms with E-state index in [0.717, 1.165) is 12.2 Å². The van der Waals surface area contributed by atoms with Gasteiger partial charge in [0.25, 0.3) is 0 Å². The number of isocyanates is 2. The van der Waals surface area contributed by atoms with Gasteiger partial charge in [-0.15, -0.1) is 0 Å². The summed E-state index contributed by atoms with van der Waals surface area (Å²) < 4.78 is 8.17. The molecule has 6 heteroatoms. The molecule has 1 atom stereocenters. The minimum absolute atomic E-state index is 0.750. The van der Waals surface area contributed by atoms with Gasteiger partial charge in [0.15, 0.2) is 0 Å². The van der Waals surface area contributed by atoms with Crippen molar-refractivity contribution in [2.75, 3.05) is 0 Å². The standard InChI is InChI=1S/C3H8.2CHNO.H2OP/c1-3-2;2*2-1-3;1-2/h3H2,1-2H3;2*2H;2H2/q;;;+1. The van der Waals surface area contributed by atoms with E-state index in [-0.39, 0.29) is 0 Å². The van der Waals surface area contributed by atoms with Gasteiger partial charge in [-0.2, -0.15) is 0 Å².